The number of para-hydroxylation sites is 1. The van der Waals surface area contributed by atoms with Gasteiger partial charge in [-0.2, -0.15) is 0 Å². The van der Waals surface area contributed by atoms with Crippen molar-refractivity contribution in [1.29, 1.82) is 0 Å². The molecular weight excluding hydrogens is 246 g/mol. The van der Waals surface area contributed by atoms with Crippen LogP contribution < -0.4 is 5.19 Å². The second-order valence-electron chi connectivity index (χ2n) is 6.05. The van der Waals surface area contributed by atoms with Crippen molar-refractivity contribution in [2.24, 2.45) is 7.05 Å². The van der Waals surface area contributed by atoms with Gasteiger partial charge in [0.25, 0.3) is 0 Å². The van der Waals surface area contributed by atoms with Crippen LogP contribution in [0.25, 0.3) is 21.8 Å². The summed E-state index contributed by atoms with van der Waals surface area (Å²) >= 11 is 0. The van der Waals surface area contributed by atoms with Gasteiger partial charge >= 0.3 is 0 Å². The van der Waals surface area contributed by atoms with E-state index in [-0.39, 0.29) is 0 Å². The first kappa shape index (κ1) is 12.5. The minimum atomic E-state index is -1.26. The number of aryl methyl sites for hydroxylation is 1. The zero-order chi connectivity index (χ0) is 13.6. The molecule has 1 heterocycles. The van der Waals surface area contributed by atoms with Crippen molar-refractivity contribution < 1.29 is 0 Å². The van der Waals surface area contributed by atoms with Crippen molar-refractivity contribution in [1.82, 2.24) is 4.57 Å². The van der Waals surface area contributed by atoms with Crippen molar-refractivity contribution in [2.45, 2.75) is 26.1 Å². The number of rotatable bonds is 2. The monoisotopic (exact) mass is 267 g/mol. The minimum Gasteiger partial charge on any atom is -0.344 e. The maximum atomic E-state index is 2.46. The Balaban J connectivity index is 2.37. The van der Waals surface area contributed by atoms with Crippen molar-refractivity contribution in [3.63, 3.8) is 0 Å². The van der Waals surface area contributed by atoms with Crippen LogP contribution >= 0.6 is 0 Å². The van der Waals surface area contributed by atoms with E-state index in [1.807, 2.05) is 0 Å². The second kappa shape index (κ2) is 4.24. The van der Waals surface area contributed by atoms with Crippen LogP contribution in [0.15, 0.2) is 42.5 Å². The van der Waals surface area contributed by atoms with E-state index in [2.05, 4.69) is 74.1 Å². The van der Waals surface area contributed by atoms with E-state index in [0.29, 0.717) is 0 Å². The Hall–Kier alpha value is -1.54. The van der Waals surface area contributed by atoms with Crippen LogP contribution in [0.2, 0.25) is 19.1 Å². The largest absolute Gasteiger partial charge is 0.344 e. The lowest BCUT2D eigenvalue weighted by atomic mass is 10.1. The van der Waals surface area contributed by atoms with E-state index in [9.17, 15) is 0 Å². The van der Waals surface area contributed by atoms with Crippen LogP contribution in [0.3, 0.4) is 0 Å². The van der Waals surface area contributed by atoms with Crippen LogP contribution in [-0.2, 0) is 7.05 Å². The molecule has 1 nitrogen and oxygen atoms in total. The SMILES string of the molecule is CC[Si](C)(C)c1ccc2c(c1)c1ccccc1n2C. The molecule has 3 aromatic rings. The van der Waals surface area contributed by atoms with Crippen LogP contribution in [0.5, 0.6) is 0 Å². The molecule has 0 unspecified atom stereocenters. The average molecular weight is 267 g/mol. The van der Waals surface area contributed by atoms with Crippen LogP contribution in [0.1, 0.15) is 6.92 Å². The topological polar surface area (TPSA) is 4.93 Å². The van der Waals surface area contributed by atoms with Gasteiger partial charge in [0.15, 0.2) is 0 Å². The van der Waals surface area contributed by atoms with Gasteiger partial charge in [-0.15, -0.1) is 0 Å². The smallest absolute Gasteiger partial charge is 0.0803 e. The van der Waals surface area contributed by atoms with Gasteiger partial charge in [0.2, 0.25) is 0 Å². The van der Waals surface area contributed by atoms with E-state index in [1.165, 1.54) is 27.8 Å². The summed E-state index contributed by atoms with van der Waals surface area (Å²) < 4.78 is 2.30. The van der Waals surface area contributed by atoms with E-state index in [1.54, 1.807) is 5.19 Å². The van der Waals surface area contributed by atoms with Crippen LogP contribution in [-0.4, -0.2) is 12.6 Å². The number of hydrogen-bond acceptors (Lipinski definition) is 0. The normalized spacial score (nSPS) is 12.4. The Bertz CT molecular complexity index is 752. The quantitative estimate of drug-likeness (QED) is 0.611. The molecule has 2 heteroatoms. The number of nitrogens with zero attached hydrogens (tertiary/aromatic N) is 1. The predicted molar refractivity (Wildman–Crippen MR) is 88.0 cm³/mol. The first-order valence-corrected chi connectivity index (χ1v) is 10.2. The molecule has 0 saturated carbocycles. The Morgan fingerprint density at radius 2 is 1.63 bits per heavy atom. The lowest BCUT2D eigenvalue weighted by molar-refractivity contribution is 1.01. The number of fused-ring (bicyclic) bond motifs is 3. The molecule has 0 radical (unpaired) electrons. The highest BCUT2D eigenvalue weighted by atomic mass is 28.3. The summed E-state index contributed by atoms with van der Waals surface area (Å²) in [6.45, 7) is 7.23. The molecule has 0 aliphatic rings. The van der Waals surface area contributed by atoms with Gasteiger partial charge in [0, 0.05) is 28.9 Å². The average Bonchev–Trinajstić information content (AvgIpc) is 2.73. The summed E-state index contributed by atoms with van der Waals surface area (Å²) in [5.74, 6) is 0. The van der Waals surface area contributed by atoms with Gasteiger partial charge in [0.1, 0.15) is 0 Å². The molecule has 0 aliphatic heterocycles. The Labute approximate surface area is 115 Å². The van der Waals surface area contributed by atoms with E-state index in [0.717, 1.165) is 0 Å². The van der Waals surface area contributed by atoms with Gasteiger partial charge in [-0.25, -0.2) is 0 Å². The van der Waals surface area contributed by atoms with Gasteiger partial charge < -0.3 is 4.57 Å². The van der Waals surface area contributed by atoms with Gasteiger partial charge in [-0.05, 0) is 12.1 Å². The third-order valence-electron chi connectivity index (χ3n) is 4.58. The maximum absolute atomic E-state index is 2.46. The molecule has 1 aromatic heterocycles. The number of benzene rings is 2. The molecule has 0 saturated heterocycles. The Kier molecular flexibility index (Phi) is 2.79. The van der Waals surface area contributed by atoms with Gasteiger partial charge in [-0.3, -0.25) is 0 Å². The highest BCUT2D eigenvalue weighted by Gasteiger charge is 2.21. The van der Waals surface area contributed by atoms with Gasteiger partial charge in [0.05, 0.1) is 8.07 Å². The third-order valence-corrected chi connectivity index (χ3v) is 8.22. The fourth-order valence-corrected chi connectivity index (χ4v) is 4.27. The molecule has 0 N–H and O–H groups in total. The summed E-state index contributed by atoms with van der Waals surface area (Å²) in [7, 11) is 0.901. The molecule has 0 spiro atoms. The molecule has 0 aliphatic carbocycles. The summed E-state index contributed by atoms with van der Waals surface area (Å²) in [4.78, 5) is 0. The second-order valence-corrected chi connectivity index (χ2v) is 11.1. The lowest BCUT2D eigenvalue weighted by Gasteiger charge is -2.20. The van der Waals surface area contributed by atoms with Crippen LogP contribution in [0.4, 0.5) is 0 Å². The maximum Gasteiger partial charge on any atom is 0.0803 e. The van der Waals surface area contributed by atoms with Crippen molar-refractivity contribution in [2.75, 3.05) is 0 Å². The molecule has 2 aromatic carbocycles. The standard InChI is InChI=1S/C17H21NSi/c1-5-19(3,4)13-10-11-17-15(12-13)14-8-6-7-9-16(14)18(17)2/h6-12H,5H2,1-4H3. The van der Waals surface area contributed by atoms with Crippen molar-refractivity contribution >= 4 is 35.1 Å². The summed E-state index contributed by atoms with van der Waals surface area (Å²) in [6, 6.07) is 17.1. The highest BCUT2D eigenvalue weighted by Crippen LogP contribution is 2.27. The van der Waals surface area contributed by atoms with E-state index >= 15 is 0 Å². The van der Waals surface area contributed by atoms with Crippen molar-refractivity contribution in [3.8, 4) is 0 Å². The zero-order valence-corrected chi connectivity index (χ0v) is 13.2. The number of hydrogen-bond donors (Lipinski definition) is 0. The lowest BCUT2D eigenvalue weighted by Crippen LogP contribution is -2.40. The molecule has 0 bridgehead atoms. The summed E-state index contributed by atoms with van der Waals surface area (Å²) in [5.41, 5.74) is 2.66. The molecule has 0 amide bonds. The third kappa shape index (κ3) is 1.82. The van der Waals surface area contributed by atoms with E-state index in [4.69, 9.17) is 0 Å². The highest BCUT2D eigenvalue weighted by molar-refractivity contribution is 6.89. The number of aromatic nitrogens is 1. The molecule has 0 atom stereocenters. The Morgan fingerprint density at radius 1 is 0.947 bits per heavy atom. The Morgan fingerprint density at radius 3 is 2.37 bits per heavy atom. The molecule has 0 fully saturated rings. The fourth-order valence-electron chi connectivity index (χ4n) is 2.79. The van der Waals surface area contributed by atoms with Gasteiger partial charge in [-0.1, -0.05) is 61.6 Å². The van der Waals surface area contributed by atoms with Crippen molar-refractivity contribution in [3.05, 3.63) is 42.5 Å². The first-order chi connectivity index (χ1) is 9.04. The molecule has 19 heavy (non-hydrogen) atoms. The fraction of sp³-hybridized carbons (Fsp3) is 0.294. The summed E-state index contributed by atoms with van der Waals surface area (Å²) in [6.07, 6.45) is 0. The summed E-state index contributed by atoms with van der Waals surface area (Å²) in [5, 5.41) is 4.35. The molecule has 98 valence electrons. The predicted octanol–water partition coefficient (Wildman–Crippen LogP) is 4.27. The zero-order valence-electron chi connectivity index (χ0n) is 12.2. The molecular formula is C17H21NSi. The minimum absolute atomic E-state index is 1.26. The molecule has 3 rings (SSSR count). The first-order valence-electron chi connectivity index (χ1n) is 7.02. The van der Waals surface area contributed by atoms with E-state index < -0.39 is 8.07 Å². The van der Waals surface area contributed by atoms with Crippen LogP contribution in [0, 0.1) is 0 Å².